The highest BCUT2D eigenvalue weighted by atomic mass is 14.9. The van der Waals surface area contributed by atoms with E-state index >= 15 is 0 Å². The molecule has 0 bridgehead atoms. The summed E-state index contributed by atoms with van der Waals surface area (Å²) < 4.78 is 45.5. The second kappa shape index (κ2) is 3.76. The summed E-state index contributed by atoms with van der Waals surface area (Å²) in [7, 11) is 0. The average molecular weight is 175 g/mol. The van der Waals surface area contributed by atoms with Crippen molar-refractivity contribution in [2.75, 3.05) is 5.32 Å². The standard InChI is InChI=1S/C12H11N/c1-3-7-11(8-4-1)13-12-9-5-2-6-10-12/h1-10,13H/i1D,2D,3D,4D,7D,8D. The van der Waals surface area contributed by atoms with Gasteiger partial charge in [0, 0.05) is 11.4 Å². The van der Waals surface area contributed by atoms with E-state index in [1.54, 1.807) is 24.3 Å². The molecule has 0 heterocycles. The van der Waals surface area contributed by atoms with Crippen molar-refractivity contribution in [1.82, 2.24) is 0 Å². The molecule has 0 saturated heterocycles. The monoisotopic (exact) mass is 175 g/mol. The van der Waals surface area contributed by atoms with Gasteiger partial charge in [-0.05, 0) is 24.2 Å². The lowest BCUT2D eigenvalue weighted by atomic mass is 10.3. The van der Waals surface area contributed by atoms with Crippen molar-refractivity contribution >= 4 is 11.4 Å². The van der Waals surface area contributed by atoms with Gasteiger partial charge in [0.2, 0.25) is 0 Å². The molecule has 2 rings (SSSR count). The van der Waals surface area contributed by atoms with Crippen LogP contribution in [0.25, 0.3) is 0 Å². The lowest BCUT2D eigenvalue weighted by Gasteiger charge is -2.04. The summed E-state index contributed by atoms with van der Waals surface area (Å²) in [5.41, 5.74) is 0.596. The van der Waals surface area contributed by atoms with Gasteiger partial charge in [-0.1, -0.05) is 36.3 Å². The van der Waals surface area contributed by atoms with Crippen molar-refractivity contribution in [2.24, 2.45) is 0 Å². The van der Waals surface area contributed by atoms with Gasteiger partial charge in [-0.15, -0.1) is 0 Å². The highest BCUT2D eigenvalue weighted by molar-refractivity contribution is 5.58. The second-order valence-electron chi connectivity index (χ2n) is 2.41. The normalized spacial score (nSPS) is 16.0. The molecule has 0 aliphatic rings. The van der Waals surface area contributed by atoms with Crippen molar-refractivity contribution in [3.8, 4) is 0 Å². The van der Waals surface area contributed by atoms with Gasteiger partial charge in [-0.2, -0.15) is 0 Å². The van der Waals surface area contributed by atoms with Crippen LogP contribution in [-0.2, 0) is 0 Å². The molecule has 0 amide bonds. The van der Waals surface area contributed by atoms with Crippen LogP contribution in [0.5, 0.6) is 0 Å². The number of hydrogen-bond acceptors (Lipinski definition) is 1. The predicted molar refractivity (Wildman–Crippen MR) is 56.2 cm³/mol. The van der Waals surface area contributed by atoms with Crippen LogP contribution in [0.1, 0.15) is 8.22 Å². The zero-order chi connectivity index (χ0) is 14.2. The quantitative estimate of drug-likeness (QED) is 0.737. The van der Waals surface area contributed by atoms with Crippen LogP contribution in [0.3, 0.4) is 0 Å². The Balaban J connectivity index is 2.48. The maximum absolute atomic E-state index is 7.75. The van der Waals surface area contributed by atoms with E-state index in [2.05, 4.69) is 5.32 Å². The SMILES string of the molecule is [2H]c1ccc(Nc2c([2H])c([2H])c([2H])c([2H])c2[2H])cc1. The lowest BCUT2D eigenvalue weighted by molar-refractivity contribution is 1.55. The Bertz CT molecular complexity index is 594. The van der Waals surface area contributed by atoms with Crippen LogP contribution >= 0.6 is 0 Å². The molecule has 1 N–H and O–H groups in total. The highest BCUT2D eigenvalue weighted by Gasteiger charge is 1.89. The molecule has 64 valence electrons. The topological polar surface area (TPSA) is 12.0 Å². The van der Waals surface area contributed by atoms with Gasteiger partial charge in [0.05, 0.1) is 8.22 Å². The lowest BCUT2D eigenvalue weighted by Crippen LogP contribution is -1.87. The van der Waals surface area contributed by atoms with Gasteiger partial charge in [-0.25, -0.2) is 0 Å². The molecule has 2 aromatic rings. The minimum absolute atomic E-state index is 0.0312. The van der Waals surface area contributed by atoms with Crippen molar-refractivity contribution in [1.29, 1.82) is 0 Å². The number of anilines is 2. The molecule has 0 spiro atoms. The molecular weight excluding hydrogens is 158 g/mol. The number of nitrogens with one attached hydrogen (secondary N) is 1. The summed E-state index contributed by atoms with van der Waals surface area (Å²) in [6, 6.07) is 4.96. The van der Waals surface area contributed by atoms with Gasteiger partial charge in [-0.3, -0.25) is 0 Å². The minimum atomic E-state index is -0.415. The second-order valence-corrected chi connectivity index (χ2v) is 2.41. The van der Waals surface area contributed by atoms with E-state index in [1.807, 2.05) is 0 Å². The van der Waals surface area contributed by atoms with Gasteiger partial charge >= 0.3 is 0 Å². The maximum Gasteiger partial charge on any atom is 0.0645 e. The Hall–Kier alpha value is -1.76. The molecule has 0 unspecified atom stereocenters. The zero-order valence-electron chi connectivity index (χ0n) is 12.8. The molecule has 0 fully saturated rings. The Morgan fingerprint density at radius 3 is 2.23 bits per heavy atom. The third-order valence-corrected chi connectivity index (χ3v) is 1.49. The number of hydrogen-bond donors (Lipinski definition) is 1. The zero-order valence-corrected chi connectivity index (χ0v) is 6.81. The van der Waals surface area contributed by atoms with Gasteiger partial charge in [0.1, 0.15) is 0 Å². The summed E-state index contributed by atoms with van der Waals surface area (Å²) in [6.45, 7) is 0. The van der Waals surface area contributed by atoms with Gasteiger partial charge in [0.25, 0.3) is 0 Å². The van der Waals surface area contributed by atoms with Crippen molar-refractivity contribution in [3.63, 3.8) is 0 Å². The molecule has 2 aromatic carbocycles. The van der Waals surface area contributed by atoms with Crippen LogP contribution in [0.2, 0.25) is 0 Å². The summed E-state index contributed by atoms with van der Waals surface area (Å²) in [5, 5.41) is 2.79. The first-order valence-corrected chi connectivity index (χ1v) is 3.82. The molecule has 13 heavy (non-hydrogen) atoms. The fraction of sp³-hybridized carbons (Fsp3) is 0. The van der Waals surface area contributed by atoms with Crippen molar-refractivity contribution in [3.05, 3.63) is 60.5 Å². The Kier molecular flexibility index (Phi) is 1.03. The van der Waals surface area contributed by atoms with E-state index in [0.717, 1.165) is 0 Å². The molecule has 0 saturated carbocycles. The first-order chi connectivity index (χ1) is 8.91. The minimum Gasteiger partial charge on any atom is -0.356 e. The van der Waals surface area contributed by atoms with Gasteiger partial charge < -0.3 is 5.32 Å². The van der Waals surface area contributed by atoms with Crippen molar-refractivity contribution in [2.45, 2.75) is 0 Å². The predicted octanol–water partition coefficient (Wildman–Crippen LogP) is 3.43. The number of para-hydroxylation sites is 2. The summed E-state index contributed by atoms with van der Waals surface area (Å²) >= 11 is 0. The third-order valence-electron chi connectivity index (χ3n) is 1.49. The summed E-state index contributed by atoms with van der Waals surface area (Å²) in [4.78, 5) is 0. The van der Waals surface area contributed by atoms with Crippen LogP contribution in [0, 0.1) is 0 Å². The molecule has 0 aliphatic carbocycles. The first-order valence-electron chi connectivity index (χ1n) is 6.82. The van der Waals surface area contributed by atoms with Crippen LogP contribution in [0.15, 0.2) is 60.5 Å². The summed E-state index contributed by atoms with van der Waals surface area (Å²) in [6.07, 6.45) is 0. The molecular formula is C12H11N. The summed E-state index contributed by atoms with van der Waals surface area (Å²) in [5.74, 6) is 0. The maximum atomic E-state index is 7.75. The van der Waals surface area contributed by atoms with Crippen LogP contribution in [0.4, 0.5) is 11.4 Å². The Morgan fingerprint density at radius 2 is 1.54 bits per heavy atom. The molecule has 0 radical (unpaired) electrons. The van der Waals surface area contributed by atoms with E-state index in [-0.39, 0.29) is 29.9 Å². The Labute approximate surface area is 86.5 Å². The molecule has 0 atom stereocenters. The highest BCUT2D eigenvalue weighted by Crippen LogP contribution is 2.14. The van der Waals surface area contributed by atoms with Crippen molar-refractivity contribution < 1.29 is 8.22 Å². The smallest absolute Gasteiger partial charge is 0.0645 e. The largest absolute Gasteiger partial charge is 0.356 e. The van der Waals surface area contributed by atoms with E-state index < -0.39 is 6.04 Å². The number of benzene rings is 2. The van der Waals surface area contributed by atoms with Crippen LogP contribution < -0.4 is 5.32 Å². The van der Waals surface area contributed by atoms with Gasteiger partial charge in [0.15, 0.2) is 0 Å². The van der Waals surface area contributed by atoms with E-state index in [4.69, 9.17) is 8.22 Å². The first kappa shape index (κ1) is 3.54. The van der Waals surface area contributed by atoms with E-state index in [1.165, 1.54) is 0 Å². The fourth-order valence-electron chi connectivity index (χ4n) is 0.927. The molecule has 1 heteroatoms. The molecule has 0 aromatic heterocycles. The van der Waals surface area contributed by atoms with E-state index in [9.17, 15) is 0 Å². The Morgan fingerprint density at radius 1 is 0.846 bits per heavy atom. The third kappa shape index (κ3) is 2.09. The molecule has 0 aliphatic heterocycles. The fourth-order valence-corrected chi connectivity index (χ4v) is 0.927. The average Bonchev–Trinajstić information content (AvgIpc) is 2.41. The van der Waals surface area contributed by atoms with Crippen LogP contribution in [-0.4, -0.2) is 0 Å². The molecule has 1 nitrogen and oxygen atoms in total. The van der Waals surface area contributed by atoms with E-state index in [0.29, 0.717) is 11.7 Å². The number of rotatable bonds is 2.